The Morgan fingerprint density at radius 2 is 1.80 bits per heavy atom. The number of rotatable bonds is 5. The van der Waals surface area contributed by atoms with E-state index in [1.807, 2.05) is 35.7 Å². The highest BCUT2D eigenvalue weighted by atomic mass is 16.2. The van der Waals surface area contributed by atoms with Crippen LogP contribution in [0.1, 0.15) is 39.6 Å². The summed E-state index contributed by atoms with van der Waals surface area (Å²) in [7, 11) is 0. The summed E-state index contributed by atoms with van der Waals surface area (Å²) in [6.07, 6.45) is 4.74. The number of benzene rings is 1. The first-order valence-corrected chi connectivity index (χ1v) is 10.5. The van der Waals surface area contributed by atoms with E-state index in [9.17, 15) is 4.79 Å². The van der Waals surface area contributed by atoms with Gasteiger partial charge < -0.3 is 4.90 Å². The van der Waals surface area contributed by atoms with Crippen molar-refractivity contribution in [3.05, 3.63) is 77.1 Å². The molecule has 30 heavy (non-hydrogen) atoms. The fraction of sp³-hybridized carbons (Fsp3) is 0.391. The third-order valence-corrected chi connectivity index (χ3v) is 5.36. The molecule has 7 heteroatoms. The normalized spacial score (nSPS) is 15.2. The van der Waals surface area contributed by atoms with Gasteiger partial charge in [0, 0.05) is 50.8 Å². The Hall–Kier alpha value is -3.06. The molecule has 7 nitrogen and oxygen atoms in total. The number of carbonyl (C=O) groups is 1. The molecule has 156 valence electrons. The van der Waals surface area contributed by atoms with E-state index in [2.05, 4.69) is 44.2 Å². The molecule has 1 saturated heterocycles. The van der Waals surface area contributed by atoms with Gasteiger partial charge in [0.15, 0.2) is 0 Å². The lowest BCUT2D eigenvalue weighted by Crippen LogP contribution is -2.35. The van der Waals surface area contributed by atoms with Crippen LogP contribution in [0.2, 0.25) is 0 Å². The first-order chi connectivity index (χ1) is 14.6. The second-order valence-electron chi connectivity index (χ2n) is 7.89. The zero-order valence-electron chi connectivity index (χ0n) is 17.7. The Balaban J connectivity index is 1.37. The maximum absolute atomic E-state index is 12.9. The lowest BCUT2D eigenvalue weighted by molar-refractivity contribution is 0.0754. The van der Waals surface area contributed by atoms with Crippen molar-refractivity contribution in [3.63, 3.8) is 0 Å². The minimum absolute atomic E-state index is 0.00618. The van der Waals surface area contributed by atoms with E-state index in [1.54, 1.807) is 12.3 Å². The predicted octanol–water partition coefficient (Wildman–Crippen LogP) is 2.69. The van der Waals surface area contributed by atoms with E-state index in [0.717, 1.165) is 44.8 Å². The third-order valence-electron chi connectivity index (χ3n) is 5.36. The Bertz CT molecular complexity index is 980. The SMILES string of the molecule is Cc1cc(C(=O)N2CCCN(Cc3cccc(Cn4cccn4)c3)CC2)nc(C)n1. The molecule has 0 N–H and O–H groups in total. The van der Waals surface area contributed by atoms with Gasteiger partial charge in [0.05, 0.1) is 6.54 Å². The van der Waals surface area contributed by atoms with Crippen molar-refractivity contribution >= 4 is 5.91 Å². The maximum Gasteiger partial charge on any atom is 0.272 e. The highest BCUT2D eigenvalue weighted by molar-refractivity contribution is 5.92. The van der Waals surface area contributed by atoms with Crippen LogP contribution in [0.4, 0.5) is 0 Å². The molecule has 1 amide bonds. The summed E-state index contributed by atoms with van der Waals surface area (Å²) in [5.74, 6) is 0.650. The molecule has 0 spiro atoms. The van der Waals surface area contributed by atoms with Crippen molar-refractivity contribution in [1.82, 2.24) is 29.5 Å². The summed E-state index contributed by atoms with van der Waals surface area (Å²) in [6, 6.07) is 12.4. The summed E-state index contributed by atoms with van der Waals surface area (Å²) in [4.78, 5) is 25.9. The number of carbonyl (C=O) groups excluding carboxylic acids is 1. The van der Waals surface area contributed by atoms with Gasteiger partial charge in [-0.15, -0.1) is 0 Å². The topological polar surface area (TPSA) is 67.2 Å². The lowest BCUT2D eigenvalue weighted by atomic mass is 10.1. The van der Waals surface area contributed by atoms with Crippen molar-refractivity contribution in [2.45, 2.75) is 33.4 Å². The van der Waals surface area contributed by atoms with Gasteiger partial charge in [-0.1, -0.05) is 24.3 Å². The molecule has 1 fully saturated rings. The van der Waals surface area contributed by atoms with Crippen LogP contribution in [0.15, 0.2) is 48.8 Å². The number of hydrogen-bond donors (Lipinski definition) is 0. The van der Waals surface area contributed by atoms with Crippen molar-refractivity contribution in [3.8, 4) is 0 Å². The van der Waals surface area contributed by atoms with E-state index in [-0.39, 0.29) is 5.91 Å². The molecule has 1 aliphatic rings. The molecule has 0 saturated carbocycles. The molecule has 2 aromatic heterocycles. The number of amides is 1. The standard InChI is InChI=1S/C23H28N6O/c1-18-14-22(26-19(2)25-18)23(30)28-10-5-9-27(12-13-28)16-20-6-3-7-21(15-20)17-29-11-4-8-24-29/h3-4,6-8,11,14-15H,5,9-10,12-13,16-17H2,1-2H3. The van der Waals surface area contributed by atoms with E-state index in [4.69, 9.17) is 0 Å². The molecule has 1 aromatic carbocycles. The van der Waals surface area contributed by atoms with E-state index in [1.165, 1.54) is 11.1 Å². The molecule has 0 atom stereocenters. The maximum atomic E-state index is 12.9. The van der Waals surface area contributed by atoms with Crippen LogP contribution in [0, 0.1) is 13.8 Å². The minimum Gasteiger partial charge on any atom is -0.336 e. The Labute approximate surface area is 177 Å². The number of nitrogens with zero attached hydrogens (tertiary/aromatic N) is 6. The van der Waals surface area contributed by atoms with Gasteiger partial charge in [0.2, 0.25) is 0 Å². The largest absolute Gasteiger partial charge is 0.336 e. The van der Waals surface area contributed by atoms with Crippen LogP contribution in [-0.2, 0) is 13.1 Å². The van der Waals surface area contributed by atoms with Gasteiger partial charge in [-0.2, -0.15) is 5.10 Å². The van der Waals surface area contributed by atoms with E-state index >= 15 is 0 Å². The van der Waals surface area contributed by atoms with Crippen LogP contribution < -0.4 is 0 Å². The average Bonchev–Trinajstić information content (AvgIpc) is 3.11. The van der Waals surface area contributed by atoms with Crippen LogP contribution >= 0.6 is 0 Å². The third kappa shape index (κ3) is 5.10. The molecule has 0 bridgehead atoms. The second kappa shape index (κ2) is 9.17. The second-order valence-corrected chi connectivity index (χ2v) is 7.89. The zero-order chi connectivity index (χ0) is 20.9. The first-order valence-electron chi connectivity index (χ1n) is 10.5. The zero-order valence-corrected chi connectivity index (χ0v) is 17.7. The number of aryl methyl sites for hydroxylation is 2. The van der Waals surface area contributed by atoms with Crippen LogP contribution in [-0.4, -0.2) is 61.6 Å². The van der Waals surface area contributed by atoms with E-state index < -0.39 is 0 Å². The molecular weight excluding hydrogens is 376 g/mol. The number of aromatic nitrogens is 4. The van der Waals surface area contributed by atoms with Gasteiger partial charge in [0.25, 0.3) is 5.91 Å². The fourth-order valence-electron chi connectivity index (χ4n) is 3.99. The monoisotopic (exact) mass is 404 g/mol. The molecule has 0 unspecified atom stereocenters. The minimum atomic E-state index is 0.00618. The van der Waals surface area contributed by atoms with Crippen molar-refractivity contribution in [2.24, 2.45) is 0 Å². The van der Waals surface area contributed by atoms with Crippen LogP contribution in [0.3, 0.4) is 0 Å². The van der Waals surface area contributed by atoms with Crippen LogP contribution in [0.5, 0.6) is 0 Å². The summed E-state index contributed by atoms with van der Waals surface area (Å²) in [5.41, 5.74) is 3.87. The van der Waals surface area contributed by atoms with E-state index in [0.29, 0.717) is 18.1 Å². The van der Waals surface area contributed by atoms with Gasteiger partial charge >= 0.3 is 0 Å². The summed E-state index contributed by atoms with van der Waals surface area (Å²) < 4.78 is 1.94. The van der Waals surface area contributed by atoms with Gasteiger partial charge in [0.1, 0.15) is 11.5 Å². The molecule has 3 aromatic rings. The highest BCUT2D eigenvalue weighted by Crippen LogP contribution is 2.14. The quantitative estimate of drug-likeness (QED) is 0.654. The summed E-state index contributed by atoms with van der Waals surface area (Å²) in [5, 5.41) is 4.29. The predicted molar refractivity (Wildman–Crippen MR) is 115 cm³/mol. The Kier molecular flexibility index (Phi) is 6.18. The highest BCUT2D eigenvalue weighted by Gasteiger charge is 2.22. The summed E-state index contributed by atoms with van der Waals surface area (Å²) in [6.45, 7) is 8.71. The fourth-order valence-corrected chi connectivity index (χ4v) is 3.99. The smallest absolute Gasteiger partial charge is 0.272 e. The summed E-state index contributed by atoms with van der Waals surface area (Å²) >= 11 is 0. The van der Waals surface area contributed by atoms with Crippen LogP contribution in [0.25, 0.3) is 0 Å². The van der Waals surface area contributed by atoms with Gasteiger partial charge in [-0.05, 0) is 43.5 Å². The molecule has 4 rings (SSSR count). The first kappa shape index (κ1) is 20.2. The Morgan fingerprint density at radius 1 is 0.967 bits per heavy atom. The van der Waals surface area contributed by atoms with Crippen molar-refractivity contribution < 1.29 is 4.79 Å². The van der Waals surface area contributed by atoms with Gasteiger partial charge in [-0.25, -0.2) is 9.97 Å². The molecule has 0 radical (unpaired) electrons. The van der Waals surface area contributed by atoms with Gasteiger partial charge in [-0.3, -0.25) is 14.4 Å². The average molecular weight is 405 g/mol. The molecule has 0 aliphatic carbocycles. The lowest BCUT2D eigenvalue weighted by Gasteiger charge is -2.22. The number of hydrogen-bond acceptors (Lipinski definition) is 5. The molecule has 3 heterocycles. The van der Waals surface area contributed by atoms with Crippen molar-refractivity contribution in [1.29, 1.82) is 0 Å². The molecule has 1 aliphatic heterocycles. The Morgan fingerprint density at radius 3 is 2.57 bits per heavy atom. The van der Waals surface area contributed by atoms with Crippen molar-refractivity contribution in [2.75, 3.05) is 26.2 Å². The molecular formula is C23H28N6O.